The van der Waals surface area contributed by atoms with Gasteiger partial charge in [0, 0.05) is 17.7 Å². The summed E-state index contributed by atoms with van der Waals surface area (Å²) in [5, 5.41) is 0. The van der Waals surface area contributed by atoms with Gasteiger partial charge in [-0.25, -0.2) is 0 Å². The highest BCUT2D eigenvalue weighted by atomic mass is 32.1. The lowest BCUT2D eigenvalue weighted by molar-refractivity contribution is 0.303. The van der Waals surface area contributed by atoms with Gasteiger partial charge in [0.25, 0.3) is 5.56 Å². The van der Waals surface area contributed by atoms with Crippen molar-refractivity contribution in [3.05, 3.63) is 92.1 Å². The highest BCUT2D eigenvalue weighted by Crippen LogP contribution is 2.22. The van der Waals surface area contributed by atoms with Gasteiger partial charge in [0.05, 0.1) is 0 Å². The lowest BCUT2D eigenvalue weighted by atomic mass is 10.0. The van der Waals surface area contributed by atoms with Gasteiger partial charge in [-0.3, -0.25) is 9.78 Å². The number of benzene rings is 2. The minimum absolute atomic E-state index is 0.158. The lowest BCUT2D eigenvalue weighted by Gasteiger charge is -2.12. The Balaban J connectivity index is 1.85. The standard InChI is InChI=1S/C19H18N2O2S/c1-13-16(18(22)21-19(24)20-13)11-15-9-5-6-10-17(15)23-12-14-7-3-2-4-8-14/h2-10H,11-12H2,1H3,(H2,20,21,22,24). The van der Waals surface area contributed by atoms with Crippen LogP contribution in [-0.4, -0.2) is 9.97 Å². The number of H-pyrrole nitrogens is 2. The zero-order valence-corrected chi connectivity index (χ0v) is 14.2. The Hall–Kier alpha value is -2.66. The van der Waals surface area contributed by atoms with E-state index in [-0.39, 0.29) is 5.56 Å². The molecule has 0 atom stereocenters. The van der Waals surface area contributed by atoms with Crippen LogP contribution in [0.25, 0.3) is 0 Å². The van der Waals surface area contributed by atoms with Crippen LogP contribution >= 0.6 is 12.2 Å². The van der Waals surface area contributed by atoms with Crippen LogP contribution in [0, 0.1) is 11.7 Å². The van der Waals surface area contributed by atoms with Gasteiger partial charge in [-0.05, 0) is 36.3 Å². The van der Waals surface area contributed by atoms with Gasteiger partial charge in [0.15, 0.2) is 4.77 Å². The predicted molar refractivity (Wildman–Crippen MR) is 97.0 cm³/mol. The van der Waals surface area contributed by atoms with Gasteiger partial charge in [0.1, 0.15) is 12.4 Å². The summed E-state index contributed by atoms with van der Waals surface area (Å²) in [7, 11) is 0. The number of aromatic amines is 2. The second-order valence-electron chi connectivity index (χ2n) is 5.57. The monoisotopic (exact) mass is 338 g/mol. The van der Waals surface area contributed by atoms with Crippen LogP contribution in [0.2, 0.25) is 0 Å². The predicted octanol–water partition coefficient (Wildman–Crippen LogP) is 3.91. The van der Waals surface area contributed by atoms with Crippen LogP contribution < -0.4 is 10.3 Å². The smallest absolute Gasteiger partial charge is 0.255 e. The van der Waals surface area contributed by atoms with E-state index >= 15 is 0 Å². The highest BCUT2D eigenvalue weighted by molar-refractivity contribution is 7.71. The number of hydrogen-bond acceptors (Lipinski definition) is 3. The van der Waals surface area contributed by atoms with Crippen molar-refractivity contribution in [3.8, 4) is 5.75 Å². The topological polar surface area (TPSA) is 57.9 Å². The van der Waals surface area contributed by atoms with Crippen molar-refractivity contribution in [3.63, 3.8) is 0 Å². The summed E-state index contributed by atoms with van der Waals surface area (Å²) < 4.78 is 6.30. The molecule has 0 saturated carbocycles. The van der Waals surface area contributed by atoms with E-state index in [9.17, 15) is 4.79 Å². The molecule has 0 bridgehead atoms. The second kappa shape index (κ2) is 7.27. The first kappa shape index (κ1) is 16.2. The summed E-state index contributed by atoms with van der Waals surface area (Å²) in [5.41, 5.74) is 3.35. The molecule has 2 aromatic carbocycles. The van der Waals surface area contributed by atoms with E-state index in [0.717, 1.165) is 22.6 Å². The molecule has 122 valence electrons. The van der Waals surface area contributed by atoms with Crippen LogP contribution in [0.15, 0.2) is 59.4 Å². The molecule has 24 heavy (non-hydrogen) atoms. The van der Waals surface area contributed by atoms with Crippen molar-refractivity contribution in [2.75, 3.05) is 0 Å². The molecular weight excluding hydrogens is 320 g/mol. The molecule has 0 saturated heterocycles. The van der Waals surface area contributed by atoms with E-state index in [1.54, 1.807) is 0 Å². The summed E-state index contributed by atoms with van der Waals surface area (Å²) in [6.45, 7) is 2.35. The molecule has 0 aliphatic rings. The Morgan fingerprint density at radius 3 is 2.46 bits per heavy atom. The van der Waals surface area contributed by atoms with Gasteiger partial charge < -0.3 is 9.72 Å². The molecule has 0 unspecified atom stereocenters. The highest BCUT2D eigenvalue weighted by Gasteiger charge is 2.10. The minimum atomic E-state index is -0.158. The molecule has 3 rings (SSSR count). The number of hydrogen-bond donors (Lipinski definition) is 2. The fraction of sp³-hybridized carbons (Fsp3) is 0.158. The fourth-order valence-corrected chi connectivity index (χ4v) is 2.80. The van der Waals surface area contributed by atoms with E-state index in [4.69, 9.17) is 17.0 Å². The first-order valence-electron chi connectivity index (χ1n) is 7.70. The van der Waals surface area contributed by atoms with Crippen molar-refractivity contribution in [2.45, 2.75) is 20.0 Å². The van der Waals surface area contributed by atoms with Crippen molar-refractivity contribution in [1.29, 1.82) is 0 Å². The largest absolute Gasteiger partial charge is 0.489 e. The van der Waals surface area contributed by atoms with E-state index in [2.05, 4.69) is 9.97 Å². The Morgan fingerprint density at radius 1 is 1.00 bits per heavy atom. The molecule has 5 heteroatoms. The average Bonchev–Trinajstić information content (AvgIpc) is 2.58. The number of aryl methyl sites for hydroxylation is 1. The molecule has 4 nitrogen and oxygen atoms in total. The third kappa shape index (κ3) is 3.81. The minimum Gasteiger partial charge on any atom is -0.489 e. The first-order chi connectivity index (χ1) is 11.6. The van der Waals surface area contributed by atoms with Crippen LogP contribution in [0.3, 0.4) is 0 Å². The summed E-state index contributed by atoms with van der Waals surface area (Å²) >= 11 is 5.00. The van der Waals surface area contributed by atoms with Crippen LogP contribution in [0.4, 0.5) is 0 Å². The van der Waals surface area contributed by atoms with Gasteiger partial charge >= 0.3 is 0 Å². The Morgan fingerprint density at radius 2 is 1.71 bits per heavy atom. The average molecular weight is 338 g/mol. The van der Waals surface area contributed by atoms with Crippen molar-refractivity contribution in [2.24, 2.45) is 0 Å². The number of rotatable bonds is 5. The quantitative estimate of drug-likeness (QED) is 0.694. The maximum atomic E-state index is 12.2. The number of nitrogens with one attached hydrogen (secondary N) is 2. The van der Waals surface area contributed by atoms with Crippen molar-refractivity contribution in [1.82, 2.24) is 9.97 Å². The molecule has 2 N–H and O–H groups in total. The maximum Gasteiger partial charge on any atom is 0.255 e. The van der Waals surface area contributed by atoms with E-state index in [0.29, 0.717) is 23.4 Å². The van der Waals surface area contributed by atoms with Gasteiger partial charge in [-0.2, -0.15) is 0 Å². The molecule has 0 radical (unpaired) electrons. The van der Waals surface area contributed by atoms with Crippen LogP contribution in [0.1, 0.15) is 22.4 Å². The molecule has 1 aromatic heterocycles. The summed E-state index contributed by atoms with van der Waals surface area (Å²) in [6, 6.07) is 17.8. The zero-order chi connectivity index (χ0) is 16.9. The number of ether oxygens (including phenoxy) is 1. The van der Waals surface area contributed by atoms with E-state index in [1.165, 1.54) is 0 Å². The first-order valence-corrected chi connectivity index (χ1v) is 8.11. The normalized spacial score (nSPS) is 10.5. The van der Waals surface area contributed by atoms with Crippen molar-refractivity contribution < 1.29 is 4.74 Å². The number of aromatic nitrogens is 2. The van der Waals surface area contributed by atoms with E-state index < -0.39 is 0 Å². The van der Waals surface area contributed by atoms with Gasteiger partial charge in [-0.15, -0.1) is 0 Å². The Kier molecular flexibility index (Phi) is 4.91. The van der Waals surface area contributed by atoms with Gasteiger partial charge in [-0.1, -0.05) is 48.5 Å². The van der Waals surface area contributed by atoms with Gasteiger partial charge in [0.2, 0.25) is 0 Å². The summed E-state index contributed by atoms with van der Waals surface area (Å²) in [6.07, 6.45) is 0.484. The maximum absolute atomic E-state index is 12.2. The molecule has 1 heterocycles. The second-order valence-corrected chi connectivity index (χ2v) is 5.98. The molecule has 0 aliphatic carbocycles. The molecule has 0 amide bonds. The van der Waals surface area contributed by atoms with E-state index in [1.807, 2.05) is 61.5 Å². The van der Waals surface area contributed by atoms with Crippen molar-refractivity contribution >= 4 is 12.2 Å². The molecule has 3 aromatic rings. The number of para-hydroxylation sites is 1. The Bertz CT molecular complexity index is 945. The SMILES string of the molecule is Cc1[nH]c(=S)[nH]c(=O)c1Cc1ccccc1OCc1ccccc1. The molecule has 0 spiro atoms. The summed E-state index contributed by atoms with van der Waals surface area (Å²) in [5.74, 6) is 0.780. The lowest BCUT2D eigenvalue weighted by Crippen LogP contribution is -2.17. The van der Waals surface area contributed by atoms with Crippen LogP contribution in [0.5, 0.6) is 5.75 Å². The molecular formula is C19H18N2O2S. The third-order valence-electron chi connectivity index (χ3n) is 3.83. The zero-order valence-electron chi connectivity index (χ0n) is 13.3. The summed E-state index contributed by atoms with van der Waals surface area (Å²) in [4.78, 5) is 17.8. The third-order valence-corrected chi connectivity index (χ3v) is 4.04. The molecule has 0 aliphatic heterocycles. The molecule has 0 fully saturated rings. The fourth-order valence-electron chi connectivity index (χ4n) is 2.56. The van der Waals surface area contributed by atoms with Crippen LogP contribution in [-0.2, 0) is 13.0 Å². The Labute approximate surface area is 145 Å².